The molecule has 1 aromatic rings. The van der Waals surface area contributed by atoms with E-state index in [1.54, 1.807) is 7.11 Å². The first-order chi connectivity index (χ1) is 10.9. The summed E-state index contributed by atoms with van der Waals surface area (Å²) >= 11 is 0. The number of rotatable bonds is 9. The van der Waals surface area contributed by atoms with Gasteiger partial charge in [-0.25, -0.2) is 0 Å². The van der Waals surface area contributed by atoms with Crippen molar-refractivity contribution in [1.82, 2.24) is 5.32 Å². The molecule has 1 atom stereocenters. The Balaban J connectivity index is 2.47. The van der Waals surface area contributed by atoms with Crippen molar-refractivity contribution in [2.24, 2.45) is 0 Å². The van der Waals surface area contributed by atoms with Gasteiger partial charge in [-0.15, -0.1) is 0 Å². The summed E-state index contributed by atoms with van der Waals surface area (Å²) in [6, 6.07) is 4.76. The monoisotopic (exact) mass is 335 g/mol. The van der Waals surface area contributed by atoms with Crippen LogP contribution in [0, 0.1) is 0 Å². The van der Waals surface area contributed by atoms with Gasteiger partial charge in [0.15, 0.2) is 6.10 Å². The number of carbonyl (C=O) groups is 1. The molecule has 130 valence electrons. The Morgan fingerprint density at radius 2 is 1.91 bits per heavy atom. The maximum atomic E-state index is 12.8. The lowest BCUT2D eigenvalue weighted by molar-refractivity contribution is -0.140. The molecule has 5 nitrogen and oxygen atoms in total. The number of alkyl halides is 3. The van der Waals surface area contributed by atoms with Gasteiger partial charge in [0.05, 0.1) is 25.4 Å². The molecule has 0 saturated carbocycles. The van der Waals surface area contributed by atoms with Crippen LogP contribution < -0.4 is 10.1 Å². The van der Waals surface area contributed by atoms with E-state index < -0.39 is 23.8 Å². The zero-order chi connectivity index (χ0) is 17.3. The highest BCUT2D eigenvalue weighted by Gasteiger charge is 2.34. The van der Waals surface area contributed by atoms with Crippen molar-refractivity contribution >= 4 is 5.91 Å². The van der Waals surface area contributed by atoms with Gasteiger partial charge in [0.2, 0.25) is 0 Å². The Hall–Kier alpha value is -1.80. The SMILES string of the molecule is COCCOCCNC(=O)[C@H](C)Oc1ccccc1C(F)(F)F. The van der Waals surface area contributed by atoms with Crippen LogP contribution in [0.5, 0.6) is 5.75 Å². The smallest absolute Gasteiger partial charge is 0.419 e. The zero-order valence-corrected chi connectivity index (χ0v) is 13.0. The summed E-state index contributed by atoms with van der Waals surface area (Å²) in [5, 5.41) is 2.53. The molecular weight excluding hydrogens is 315 g/mol. The van der Waals surface area contributed by atoms with Crippen molar-refractivity contribution in [3.8, 4) is 5.75 Å². The Bertz CT molecular complexity index is 494. The van der Waals surface area contributed by atoms with Gasteiger partial charge in [-0.1, -0.05) is 12.1 Å². The molecule has 0 fully saturated rings. The van der Waals surface area contributed by atoms with Crippen molar-refractivity contribution in [2.75, 3.05) is 33.5 Å². The number of benzene rings is 1. The molecule has 0 radical (unpaired) electrons. The summed E-state index contributed by atoms with van der Waals surface area (Å²) in [7, 11) is 1.54. The molecule has 23 heavy (non-hydrogen) atoms. The average molecular weight is 335 g/mol. The number of carbonyl (C=O) groups excluding carboxylic acids is 1. The summed E-state index contributed by atoms with van der Waals surface area (Å²) in [4.78, 5) is 11.8. The zero-order valence-electron chi connectivity index (χ0n) is 13.0. The molecule has 1 rings (SSSR count). The first kappa shape index (κ1) is 19.2. The van der Waals surface area contributed by atoms with E-state index in [9.17, 15) is 18.0 Å². The Morgan fingerprint density at radius 3 is 2.57 bits per heavy atom. The van der Waals surface area contributed by atoms with Crippen LogP contribution in [0.25, 0.3) is 0 Å². The van der Waals surface area contributed by atoms with Crippen molar-refractivity contribution in [1.29, 1.82) is 0 Å². The molecule has 0 aliphatic heterocycles. The summed E-state index contributed by atoms with van der Waals surface area (Å²) in [5.74, 6) is -0.892. The van der Waals surface area contributed by atoms with Crippen molar-refractivity contribution < 1.29 is 32.2 Å². The van der Waals surface area contributed by atoms with Crippen LogP contribution in [0.2, 0.25) is 0 Å². The quantitative estimate of drug-likeness (QED) is 0.703. The Morgan fingerprint density at radius 1 is 1.22 bits per heavy atom. The fourth-order valence-electron chi connectivity index (χ4n) is 1.68. The largest absolute Gasteiger partial charge is 0.480 e. The molecule has 1 N–H and O–H groups in total. The molecule has 0 aliphatic rings. The number of amides is 1. The molecule has 1 amide bonds. The molecule has 0 heterocycles. The van der Waals surface area contributed by atoms with Gasteiger partial charge in [0, 0.05) is 13.7 Å². The van der Waals surface area contributed by atoms with Crippen LogP contribution in [0.3, 0.4) is 0 Å². The van der Waals surface area contributed by atoms with Gasteiger partial charge < -0.3 is 19.5 Å². The number of methoxy groups -OCH3 is 1. The van der Waals surface area contributed by atoms with Crippen LogP contribution in [0.15, 0.2) is 24.3 Å². The summed E-state index contributed by atoms with van der Waals surface area (Å²) in [6.45, 7) is 2.74. The number of nitrogens with one attached hydrogen (secondary N) is 1. The van der Waals surface area contributed by atoms with Crippen LogP contribution in [-0.4, -0.2) is 45.5 Å². The highest BCUT2D eigenvalue weighted by atomic mass is 19.4. The Labute approximate surface area is 132 Å². The average Bonchev–Trinajstić information content (AvgIpc) is 2.50. The minimum Gasteiger partial charge on any atom is -0.480 e. The van der Waals surface area contributed by atoms with Crippen LogP contribution >= 0.6 is 0 Å². The highest BCUT2D eigenvalue weighted by Crippen LogP contribution is 2.36. The number of hydrogen-bond acceptors (Lipinski definition) is 4. The fourth-order valence-corrected chi connectivity index (χ4v) is 1.68. The second-order valence-electron chi connectivity index (χ2n) is 4.65. The summed E-state index contributed by atoms with van der Waals surface area (Å²) in [6.07, 6.45) is -5.60. The van der Waals surface area contributed by atoms with Gasteiger partial charge in [0.1, 0.15) is 5.75 Å². The van der Waals surface area contributed by atoms with Crippen LogP contribution in [0.4, 0.5) is 13.2 Å². The standard InChI is InChI=1S/C15H20F3NO4/c1-11(14(20)19-7-8-22-10-9-21-2)23-13-6-4-3-5-12(13)15(16,17)18/h3-6,11H,7-10H2,1-2H3,(H,19,20)/t11-/m0/s1. The van der Waals surface area contributed by atoms with Gasteiger partial charge in [-0.3, -0.25) is 4.79 Å². The number of hydrogen-bond donors (Lipinski definition) is 1. The lowest BCUT2D eigenvalue weighted by atomic mass is 10.2. The minimum absolute atomic E-state index is 0.233. The molecule has 0 saturated heterocycles. The van der Waals surface area contributed by atoms with Gasteiger partial charge in [0.25, 0.3) is 5.91 Å². The highest BCUT2D eigenvalue weighted by molar-refractivity contribution is 5.80. The molecule has 1 aromatic carbocycles. The second kappa shape index (κ2) is 9.36. The van der Waals surface area contributed by atoms with Crippen molar-refractivity contribution in [3.63, 3.8) is 0 Å². The first-order valence-corrected chi connectivity index (χ1v) is 7.03. The van der Waals surface area contributed by atoms with Crippen molar-refractivity contribution in [2.45, 2.75) is 19.2 Å². The van der Waals surface area contributed by atoms with E-state index in [-0.39, 0.29) is 18.9 Å². The predicted molar refractivity (Wildman–Crippen MR) is 77.2 cm³/mol. The fraction of sp³-hybridized carbons (Fsp3) is 0.533. The molecule has 8 heteroatoms. The summed E-state index contributed by atoms with van der Waals surface area (Å²) in [5.41, 5.74) is -0.914. The van der Waals surface area contributed by atoms with Gasteiger partial charge in [-0.05, 0) is 19.1 Å². The maximum absolute atomic E-state index is 12.8. The van der Waals surface area contributed by atoms with Crippen LogP contribution in [-0.2, 0) is 20.4 Å². The van der Waals surface area contributed by atoms with E-state index in [0.29, 0.717) is 13.2 Å². The third-order valence-electron chi connectivity index (χ3n) is 2.84. The van der Waals surface area contributed by atoms with Gasteiger partial charge >= 0.3 is 6.18 Å². The molecule has 0 bridgehead atoms. The Kier molecular flexibility index (Phi) is 7.84. The summed E-state index contributed by atoms with van der Waals surface area (Å²) < 4.78 is 53.6. The molecule has 0 unspecified atom stereocenters. The topological polar surface area (TPSA) is 56.8 Å². The lowest BCUT2D eigenvalue weighted by Crippen LogP contribution is -2.38. The van der Waals surface area contributed by atoms with E-state index >= 15 is 0 Å². The normalized spacial score (nSPS) is 12.7. The van der Waals surface area contributed by atoms with Crippen LogP contribution in [0.1, 0.15) is 12.5 Å². The molecule has 0 aromatic heterocycles. The first-order valence-electron chi connectivity index (χ1n) is 7.03. The molecule has 0 spiro atoms. The van der Waals surface area contributed by atoms with Gasteiger partial charge in [-0.2, -0.15) is 13.2 Å². The third kappa shape index (κ3) is 6.87. The lowest BCUT2D eigenvalue weighted by Gasteiger charge is -2.18. The predicted octanol–water partition coefficient (Wildman–Crippen LogP) is 2.25. The van der Waals surface area contributed by atoms with E-state index in [2.05, 4.69) is 5.32 Å². The van der Waals surface area contributed by atoms with E-state index in [1.807, 2.05) is 0 Å². The minimum atomic E-state index is -4.54. The second-order valence-corrected chi connectivity index (χ2v) is 4.65. The van der Waals surface area contributed by atoms with E-state index in [4.69, 9.17) is 14.2 Å². The van der Waals surface area contributed by atoms with E-state index in [0.717, 1.165) is 6.07 Å². The number of ether oxygens (including phenoxy) is 3. The molecule has 0 aliphatic carbocycles. The van der Waals surface area contributed by atoms with Crippen molar-refractivity contribution in [3.05, 3.63) is 29.8 Å². The number of para-hydroxylation sites is 1. The van der Waals surface area contributed by atoms with E-state index in [1.165, 1.54) is 25.1 Å². The number of halogens is 3. The third-order valence-corrected chi connectivity index (χ3v) is 2.84. The maximum Gasteiger partial charge on any atom is 0.419 e. The molecular formula is C15H20F3NO4.